The van der Waals surface area contributed by atoms with Crippen molar-refractivity contribution in [2.24, 2.45) is 0 Å². The van der Waals surface area contributed by atoms with Gasteiger partial charge in [0.15, 0.2) is 0 Å². The van der Waals surface area contributed by atoms with E-state index in [2.05, 4.69) is 16.0 Å². The van der Waals surface area contributed by atoms with Gasteiger partial charge in [0.2, 0.25) is 0 Å². The van der Waals surface area contributed by atoms with Gasteiger partial charge in [-0.3, -0.25) is 0 Å². The van der Waals surface area contributed by atoms with E-state index in [-0.39, 0.29) is 0 Å². The second-order valence-electron chi connectivity index (χ2n) is 3.51. The molecule has 0 aliphatic heterocycles. The van der Waals surface area contributed by atoms with Gasteiger partial charge in [0.05, 0.1) is 0 Å². The fourth-order valence-electron chi connectivity index (χ4n) is 1.24. The Hall–Kier alpha value is -0.581. The molecule has 0 atom stereocenters. The summed E-state index contributed by atoms with van der Waals surface area (Å²) in [5, 5.41) is 0. The zero-order valence-electron chi connectivity index (χ0n) is 10.6. The number of hydrogen-bond donors (Lipinski definition) is 0. The monoisotopic (exact) mass is 319 g/mol. The first-order chi connectivity index (χ1) is 8.84. The third-order valence-electron chi connectivity index (χ3n) is 2.14. The SMILES string of the molecule is COCCOCCOCCOc1ccccc1[Se]. The van der Waals surface area contributed by atoms with Crippen LogP contribution in [0.3, 0.4) is 0 Å². The van der Waals surface area contributed by atoms with Crippen molar-refractivity contribution in [1.29, 1.82) is 0 Å². The van der Waals surface area contributed by atoms with Crippen LogP contribution in [0.4, 0.5) is 0 Å². The Morgan fingerprint density at radius 2 is 1.50 bits per heavy atom. The van der Waals surface area contributed by atoms with E-state index in [1.807, 2.05) is 24.3 Å². The zero-order chi connectivity index (χ0) is 13.1. The number of benzene rings is 1. The number of hydrogen-bond acceptors (Lipinski definition) is 4. The van der Waals surface area contributed by atoms with E-state index in [1.54, 1.807) is 7.11 Å². The van der Waals surface area contributed by atoms with Crippen LogP contribution < -0.4 is 9.20 Å². The van der Waals surface area contributed by atoms with Crippen molar-refractivity contribution >= 4 is 20.5 Å². The fourth-order valence-corrected chi connectivity index (χ4v) is 1.68. The first kappa shape index (κ1) is 15.5. The molecular weight excluding hydrogens is 299 g/mol. The van der Waals surface area contributed by atoms with E-state index >= 15 is 0 Å². The molecule has 101 valence electrons. The quantitative estimate of drug-likeness (QED) is 0.466. The van der Waals surface area contributed by atoms with Crippen LogP contribution in [-0.2, 0) is 14.2 Å². The van der Waals surface area contributed by atoms with E-state index in [0.717, 1.165) is 10.2 Å². The summed E-state index contributed by atoms with van der Waals surface area (Å²) in [5.74, 6) is 0.859. The molecule has 0 bridgehead atoms. The molecule has 0 aliphatic rings. The van der Waals surface area contributed by atoms with Gasteiger partial charge in [0.1, 0.15) is 0 Å². The first-order valence-electron chi connectivity index (χ1n) is 5.88. The number of para-hydroxylation sites is 1. The van der Waals surface area contributed by atoms with Gasteiger partial charge in [-0.2, -0.15) is 0 Å². The Balaban J connectivity index is 1.94. The Labute approximate surface area is 116 Å². The van der Waals surface area contributed by atoms with Crippen LogP contribution in [-0.4, -0.2) is 62.8 Å². The molecule has 1 aromatic carbocycles. The molecule has 0 N–H and O–H groups in total. The Morgan fingerprint density at radius 1 is 0.889 bits per heavy atom. The molecule has 1 radical (unpaired) electrons. The van der Waals surface area contributed by atoms with E-state index in [9.17, 15) is 0 Å². The molecule has 4 nitrogen and oxygen atoms in total. The molecule has 18 heavy (non-hydrogen) atoms. The van der Waals surface area contributed by atoms with Crippen LogP contribution in [0.25, 0.3) is 0 Å². The van der Waals surface area contributed by atoms with E-state index < -0.39 is 0 Å². The van der Waals surface area contributed by atoms with Crippen molar-refractivity contribution in [3.63, 3.8) is 0 Å². The first-order valence-corrected chi connectivity index (χ1v) is 6.73. The number of methoxy groups -OCH3 is 1. The molecule has 0 saturated heterocycles. The molecule has 0 saturated carbocycles. The zero-order valence-corrected chi connectivity index (χ0v) is 12.3. The Morgan fingerprint density at radius 3 is 2.17 bits per heavy atom. The summed E-state index contributed by atoms with van der Waals surface area (Å²) in [6.07, 6.45) is 0. The van der Waals surface area contributed by atoms with Crippen LogP contribution in [0.1, 0.15) is 0 Å². The van der Waals surface area contributed by atoms with Crippen molar-refractivity contribution < 1.29 is 18.9 Å². The van der Waals surface area contributed by atoms with Gasteiger partial charge in [0.25, 0.3) is 0 Å². The summed E-state index contributed by atoms with van der Waals surface area (Å²) >= 11 is 2.95. The summed E-state index contributed by atoms with van der Waals surface area (Å²) in [6, 6.07) is 7.81. The predicted molar refractivity (Wildman–Crippen MR) is 70.8 cm³/mol. The number of ether oxygens (including phenoxy) is 4. The topological polar surface area (TPSA) is 36.9 Å². The molecule has 5 heteroatoms. The summed E-state index contributed by atoms with van der Waals surface area (Å²) in [7, 11) is 1.65. The summed E-state index contributed by atoms with van der Waals surface area (Å²) in [4.78, 5) is 0. The maximum atomic E-state index is 5.56. The third kappa shape index (κ3) is 6.99. The molecule has 0 heterocycles. The van der Waals surface area contributed by atoms with Crippen LogP contribution in [0.15, 0.2) is 24.3 Å². The van der Waals surface area contributed by atoms with Crippen molar-refractivity contribution in [2.75, 3.05) is 46.8 Å². The third-order valence-corrected chi connectivity index (χ3v) is 2.85. The molecule has 1 aromatic rings. The molecule has 0 unspecified atom stereocenters. The van der Waals surface area contributed by atoms with Crippen LogP contribution >= 0.6 is 0 Å². The summed E-state index contributed by atoms with van der Waals surface area (Å²) < 4.78 is 22.1. The van der Waals surface area contributed by atoms with E-state index in [0.29, 0.717) is 39.6 Å². The molecule has 0 aromatic heterocycles. The minimum absolute atomic E-state index is 0.538. The normalized spacial score (nSPS) is 10.5. The second kappa shape index (κ2) is 10.4. The van der Waals surface area contributed by atoms with Crippen LogP contribution in [0.2, 0.25) is 0 Å². The van der Waals surface area contributed by atoms with Crippen molar-refractivity contribution in [3.8, 4) is 5.75 Å². The predicted octanol–water partition coefficient (Wildman–Crippen LogP) is 0.539. The van der Waals surface area contributed by atoms with Gasteiger partial charge >= 0.3 is 109 Å². The fraction of sp³-hybridized carbons (Fsp3) is 0.538. The van der Waals surface area contributed by atoms with Gasteiger partial charge in [-0.1, -0.05) is 0 Å². The van der Waals surface area contributed by atoms with E-state index in [4.69, 9.17) is 18.9 Å². The van der Waals surface area contributed by atoms with Crippen LogP contribution in [0.5, 0.6) is 5.75 Å². The average molecular weight is 318 g/mol. The minimum atomic E-state index is 0.538. The molecule has 0 amide bonds. The van der Waals surface area contributed by atoms with Gasteiger partial charge in [-0.15, -0.1) is 0 Å². The molecule has 0 aliphatic carbocycles. The summed E-state index contributed by atoms with van der Waals surface area (Å²) in [6.45, 7) is 3.48. The molecular formula is C13H19O4Se. The Kier molecular flexibility index (Phi) is 8.90. The second-order valence-corrected chi connectivity index (χ2v) is 4.44. The van der Waals surface area contributed by atoms with E-state index in [1.165, 1.54) is 0 Å². The maximum absolute atomic E-state index is 5.56. The molecule has 0 spiro atoms. The summed E-state index contributed by atoms with van der Waals surface area (Å²) in [5.41, 5.74) is 0. The average Bonchev–Trinajstić information content (AvgIpc) is 2.39. The van der Waals surface area contributed by atoms with Crippen molar-refractivity contribution in [2.45, 2.75) is 0 Å². The van der Waals surface area contributed by atoms with Gasteiger partial charge in [-0.25, -0.2) is 0 Å². The van der Waals surface area contributed by atoms with Gasteiger partial charge in [0, 0.05) is 7.11 Å². The van der Waals surface area contributed by atoms with Crippen LogP contribution in [0, 0.1) is 0 Å². The number of rotatable bonds is 10. The standard InChI is InChI=1S/C13H19O4Se/c1-14-6-7-15-8-9-16-10-11-17-12-4-2-3-5-13(12)18/h2-5H,6-11H2,1H3. The Bertz CT molecular complexity index is 320. The van der Waals surface area contributed by atoms with Crippen molar-refractivity contribution in [1.82, 2.24) is 0 Å². The van der Waals surface area contributed by atoms with Gasteiger partial charge in [-0.05, 0) is 0 Å². The van der Waals surface area contributed by atoms with Gasteiger partial charge < -0.3 is 0 Å². The molecule has 1 rings (SSSR count). The molecule has 0 fully saturated rings. The van der Waals surface area contributed by atoms with Crippen molar-refractivity contribution in [3.05, 3.63) is 24.3 Å².